The summed E-state index contributed by atoms with van der Waals surface area (Å²) in [5.74, 6) is 2.86. The van der Waals surface area contributed by atoms with E-state index in [0.717, 1.165) is 44.9 Å². The van der Waals surface area contributed by atoms with Crippen LogP contribution in [0.2, 0.25) is 0 Å². The smallest absolute Gasteiger partial charge is 0.360 e. The van der Waals surface area contributed by atoms with Gasteiger partial charge < -0.3 is 4.74 Å². The normalized spacial score (nSPS) is 15.3. The predicted molar refractivity (Wildman–Crippen MR) is 131 cm³/mol. The van der Waals surface area contributed by atoms with E-state index >= 15 is 0 Å². The Labute approximate surface area is 214 Å². The second-order valence-electron chi connectivity index (χ2n) is 10.5. The van der Waals surface area contributed by atoms with Crippen LogP contribution in [0.3, 0.4) is 0 Å². The fourth-order valence-electron chi connectivity index (χ4n) is 3.59. The fourth-order valence-corrected chi connectivity index (χ4v) is 3.59. The monoisotopic (exact) mass is 510 g/mol. The molecule has 0 bridgehead atoms. The third-order valence-electron chi connectivity index (χ3n) is 5.44. The van der Waals surface area contributed by atoms with Crippen LogP contribution < -0.4 is 23.4 Å². The number of fused-ring (bicyclic) bond motifs is 2. The third kappa shape index (κ3) is 7.50. The van der Waals surface area contributed by atoms with E-state index in [9.17, 15) is 0 Å². The standard InChI is InChI=1S/C29H31O2.ClHO4/c1-28(2,3)26-18-20(22-14-7-9-16-24(22)30-26)12-11-13-21-19-27(29(4,5)6)31-25-17-10-8-15-23(21)25;2-1(3,4)5/h7-19H,1-6H3;(H,2,3,4,5)/q+1;/p-1. The molecule has 36 heavy (non-hydrogen) atoms. The fraction of sp³-hybridized carbons (Fsp3) is 0.276. The molecule has 0 spiro atoms. The lowest BCUT2D eigenvalue weighted by Crippen LogP contribution is -2.68. The van der Waals surface area contributed by atoms with Crippen molar-refractivity contribution in [3.63, 3.8) is 0 Å². The number of hydrogen-bond acceptors (Lipinski definition) is 5. The number of rotatable bonds is 2. The molecule has 0 N–H and O–H groups in total. The first-order valence-corrected chi connectivity index (χ1v) is 12.7. The zero-order chi connectivity index (χ0) is 26.7. The van der Waals surface area contributed by atoms with Crippen molar-refractivity contribution in [1.82, 2.24) is 0 Å². The molecular formula is C29H31ClO6. The molecule has 0 amide bonds. The van der Waals surface area contributed by atoms with Crippen molar-refractivity contribution in [2.45, 2.75) is 47.0 Å². The van der Waals surface area contributed by atoms with E-state index in [1.165, 1.54) is 0 Å². The molecule has 3 aromatic rings. The van der Waals surface area contributed by atoms with Gasteiger partial charge in [0.05, 0.1) is 10.8 Å². The SMILES string of the molecule is CC(C)(C)C1=C/C(=C/C=C/c2cc(C(C)(C)C)[o+]c3ccccc23)c2ccccc2O1.[O-][Cl+3]([O-])([O-])[O-]. The summed E-state index contributed by atoms with van der Waals surface area (Å²) in [4.78, 5) is 0. The van der Waals surface area contributed by atoms with Gasteiger partial charge in [0, 0.05) is 28.7 Å². The summed E-state index contributed by atoms with van der Waals surface area (Å²) in [5, 5.41) is 1.11. The highest BCUT2D eigenvalue weighted by atomic mass is 35.7. The van der Waals surface area contributed by atoms with Gasteiger partial charge >= 0.3 is 11.3 Å². The molecule has 0 saturated carbocycles. The molecule has 1 aliphatic rings. The average Bonchev–Trinajstić information content (AvgIpc) is 2.76. The van der Waals surface area contributed by atoms with Crippen LogP contribution in [0.4, 0.5) is 0 Å². The number of hydrogen-bond donors (Lipinski definition) is 0. The summed E-state index contributed by atoms with van der Waals surface area (Å²) >= 11 is 0. The first-order valence-electron chi connectivity index (χ1n) is 11.5. The molecular weight excluding hydrogens is 480 g/mol. The molecule has 6 nitrogen and oxygen atoms in total. The Hall–Kier alpha value is -3.00. The number of ether oxygens (including phenoxy) is 1. The van der Waals surface area contributed by atoms with Gasteiger partial charge in [-0.2, -0.15) is 0 Å². The Balaban J connectivity index is 0.000000658. The molecule has 0 radical (unpaired) electrons. The van der Waals surface area contributed by atoms with Gasteiger partial charge in [0.15, 0.2) is 0 Å². The summed E-state index contributed by atoms with van der Waals surface area (Å²) in [6.45, 7) is 13.0. The molecule has 1 aromatic heterocycles. The Morgan fingerprint density at radius 1 is 0.833 bits per heavy atom. The van der Waals surface area contributed by atoms with Crippen molar-refractivity contribution in [3.05, 3.63) is 95.5 Å². The van der Waals surface area contributed by atoms with Crippen LogP contribution in [-0.2, 0) is 5.41 Å². The quantitative estimate of drug-likeness (QED) is 0.486. The van der Waals surface area contributed by atoms with Gasteiger partial charge in [-0.15, -0.1) is 10.2 Å². The maximum atomic E-state index is 8.49. The Morgan fingerprint density at radius 2 is 1.44 bits per heavy atom. The van der Waals surface area contributed by atoms with Gasteiger partial charge in [-0.1, -0.05) is 69.3 Å². The zero-order valence-electron chi connectivity index (χ0n) is 21.3. The highest BCUT2D eigenvalue weighted by Gasteiger charge is 2.28. The minimum atomic E-state index is -4.94. The molecule has 190 valence electrons. The van der Waals surface area contributed by atoms with E-state index in [-0.39, 0.29) is 10.8 Å². The van der Waals surface area contributed by atoms with Crippen LogP contribution in [-0.4, -0.2) is 0 Å². The second kappa shape index (κ2) is 10.5. The van der Waals surface area contributed by atoms with Crippen LogP contribution in [0, 0.1) is 15.7 Å². The van der Waals surface area contributed by atoms with E-state index < -0.39 is 10.2 Å². The van der Waals surface area contributed by atoms with Crippen LogP contribution in [0.5, 0.6) is 5.75 Å². The van der Waals surface area contributed by atoms with Gasteiger partial charge in [0.25, 0.3) is 0 Å². The molecule has 0 atom stereocenters. The number of benzene rings is 2. The predicted octanol–water partition coefficient (Wildman–Crippen LogP) is 3.67. The molecule has 0 fully saturated rings. The van der Waals surface area contributed by atoms with Gasteiger partial charge in [0.1, 0.15) is 11.5 Å². The summed E-state index contributed by atoms with van der Waals surface area (Å²) in [5.41, 5.74) is 4.22. The van der Waals surface area contributed by atoms with E-state index in [0.29, 0.717) is 0 Å². The summed E-state index contributed by atoms with van der Waals surface area (Å²) in [6, 6.07) is 18.6. The average molecular weight is 511 g/mol. The Kier molecular flexibility index (Phi) is 8.08. The van der Waals surface area contributed by atoms with E-state index in [2.05, 4.69) is 96.2 Å². The summed E-state index contributed by atoms with van der Waals surface area (Å²) in [6.07, 6.45) is 8.62. The summed E-state index contributed by atoms with van der Waals surface area (Å²) < 4.78 is 46.3. The lowest BCUT2D eigenvalue weighted by atomic mass is 9.89. The van der Waals surface area contributed by atoms with Gasteiger partial charge in [-0.05, 0) is 44.6 Å². The largest absolute Gasteiger partial charge is 0.461 e. The first-order chi connectivity index (χ1) is 16.6. The molecule has 2 aromatic carbocycles. The molecule has 0 unspecified atom stereocenters. The topological polar surface area (TPSA) is 113 Å². The van der Waals surface area contributed by atoms with Gasteiger partial charge in [0.2, 0.25) is 0 Å². The zero-order valence-corrected chi connectivity index (χ0v) is 22.1. The minimum absolute atomic E-state index is 0.0604. The van der Waals surface area contributed by atoms with Gasteiger partial charge in [-0.25, -0.2) is 23.1 Å². The van der Waals surface area contributed by atoms with E-state index in [1.807, 2.05) is 24.3 Å². The van der Waals surface area contributed by atoms with Crippen LogP contribution in [0.1, 0.15) is 58.4 Å². The maximum Gasteiger partial charge on any atom is 0.360 e. The minimum Gasteiger partial charge on any atom is -0.461 e. The first kappa shape index (κ1) is 27.6. The molecule has 4 rings (SSSR count). The number of allylic oxidation sites excluding steroid dienone is 5. The molecule has 0 aliphatic carbocycles. The molecule has 0 saturated heterocycles. The van der Waals surface area contributed by atoms with Crippen molar-refractivity contribution in [2.24, 2.45) is 5.41 Å². The van der Waals surface area contributed by atoms with Crippen molar-refractivity contribution in [3.8, 4) is 5.75 Å². The molecule has 2 heterocycles. The third-order valence-corrected chi connectivity index (χ3v) is 5.44. The highest BCUT2D eigenvalue weighted by molar-refractivity contribution is 5.88. The van der Waals surface area contributed by atoms with Crippen molar-refractivity contribution in [1.29, 1.82) is 0 Å². The van der Waals surface area contributed by atoms with Crippen LogP contribution in [0.25, 0.3) is 22.6 Å². The Bertz CT molecular complexity index is 1310. The van der Waals surface area contributed by atoms with Crippen molar-refractivity contribution < 1.29 is 38.0 Å². The summed E-state index contributed by atoms with van der Waals surface area (Å²) in [7, 11) is -4.94. The Morgan fingerprint density at radius 3 is 2.08 bits per heavy atom. The van der Waals surface area contributed by atoms with E-state index in [4.69, 9.17) is 27.8 Å². The molecule has 1 aliphatic heterocycles. The van der Waals surface area contributed by atoms with Gasteiger partial charge in [-0.3, -0.25) is 0 Å². The lowest BCUT2D eigenvalue weighted by molar-refractivity contribution is -2.00. The van der Waals surface area contributed by atoms with Crippen LogP contribution in [0.15, 0.2) is 83.0 Å². The maximum absolute atomic E-state index is 8.49. The van der Waals surface area contributed by atoms with Crippen molar-refractivity contribution >= 4 is 22.6 Å². The van der Waals surface area contributed by atoms with Crippen molar-refractivity contribution in [2.75, 3.05) is 0 Å². The van der Waals surface area contributed by atoms with E-state index in [1.54, 1.807) is 0 Å². The molecule has 7 heteroatoms. The highest BCUT2D eigenvalue weighted by Crippen LogP contribution is 2.39. The second-order valence-corrected chi connectivity index (χ2v) is 11.3. The number of para-hydroxylation sites is 2. The number of halogens is 1. The van der Waals surface area contributed by atoms with Crippen LogP contribution >= 0.6 is 0 Å². The lowest BCUT2D eigenvalue weighted by Gasteiger charge is -2.28.